The van der Waals surface area contributed by atoms with E-state index >= 15 is 0 Å². The summed E-state index contributed by atoms with van der Waals surface area (Å²) in [6.07, 6.45) is 1.74. The third-order valence-corrected chi connectivity index (χ3v) is 3.65. The maximum atomic E-state index is 12.3. The number of esters is 1. The molecule has 1 aromatic carbocycles. The van der Waals surface area contributed by atoms with Crippen molar-refractivity contribution in [2.24, 2.45) is 5.92 Å². The second-order valence-electron chi connectivity index (χ2n) is 3.44. The molecule has 18 heavy (non-hydrogen) atoms. The number of thioether (sulfide) groups is 1. The van der Waals surface area contributed by atoms with Crippen LogP contribution in [0.15, 0.2) is 30.3 Å². The molecule has 3 nitrogen and oxygen atoms in total. The number of carbonyl (C=O) groups excluding carboxylic acids is 2. The number of carbonyl (C=O) groups is 2. The van der Waals surface area contributed by atoms with Crippen molar-refractivity contribution in [3.05, 3.63) is 35.9 Å². The van der Waals surface area contributed by atoms with Gasteiger partial charge in [0.05, 0.1) is 10.8 Å². The van der Waals surface area contributed by atoms with Crippen molar-refractivity contribution in [3.8, 4) is 0 Å². The Labute approximate surface area is 116 Å². The lowest BCUT2D eigenvalue weighted by Gasteiger charge is -2.14. The van der Waals surface area contributed by atoms with Crippen molar-refractivity contribution in [1.29, 1.82) is 0 Å². The van der Waals surface area contributed by atoms with E-state index in [1.807, 2.05) is 6.07 Å². The summed E-state index contributed by atoms with van der Waals surface area (Å²) in [5, 5.41) is 0. The van der Waals surface area contributed by atoms with E-state index in [1.54, 1.807) is 37.4 Å². The topological polar surface area (TPSA) is 43.4 Å². The molecule has 0 aliphatic heterocycles. The molecule has 0 N–H and O–H groups in total. The first-order valence-corrected chi connectivity index (χ1v) is 7.08. The van der Waals surface area contributed by atoms with Gasteiger partial charge in [-0.25, -0.2) is 0 Å². The van der Waals surface area contributed by atoms with Crippen LogP contribution in [0.2, 0.25) is 0 Å². The minimum Gasteiger partial charge on any atom is -0.465 e. The summed E-state index contributed by atoms with van der Waals surface area (Å²) in [5.74, 6) is -1.89. The van der Waals surface area contributed by atoms with Crippen LogP contribution < -0.4 is 0 Å². The summed E-state index contributed by atoms with van der Waals surface area (Å²) >= 11 is 6.30. The van der Waals surface area contributed by atoms with E-state index in [4.69, 9.17) is 17.0 Å². The molecule has 0 saturated heterocycles. The first-order chi connectivity index (χ1) is 8.61. The molecule has 1 rings (SSSR count). The van der Waals surface area contributed by atoms with Crippen LogP contribution in [-0.4, -0.2) is 28.8 Å². The Morgan fingerprint density at radius 3 is 2.44 bits per heavy atom. The second kappa shape index (κ2) is 7.28. The second-order valence-corrected chi connectivity index (χ2v) is 4.98. The van der Waals surface area contributed by atoms with Gasteiger partial charge < -0.3 is 4.74 Å². The van der Waals surface area contributed by atoms with Crippen LogP contribution in [0, 0.1) is 5.92 Å². The zero-order valence-corrected chi connectivity index (χ0v) is 11.8. The molecule has 0 radical (unpaired) electrons. The van der Waals surface area contributed by atoms with E-state index in [9.17, 15) is 9.59 Å². The number of hydrogen-bond donors (Lipinski definition) is 0. The molecule has 1 atom stereocenters. The average molecular weight is 282 g/mol. The Morgan fingerprint density at radius 2 is 1.94 bits per heavy atom. The van der Waals surface area contributed by atoms with Crippen molar-refractivity contribution in [1.82, 2.24) is 0 Å². The normalized spacial score (nSPS) is 11.7. The van der Waals surface area contributed by atoms with Gasteiger partial charge in [0.1, 0.15) is 0 Å². The summed E-state index contributed by atoms with van der Waals surface area (Å²) < 4.78 is 5.24. The molecule has 0 bridgehead atoms. The number of thiocarbonyl (C=S) groups is 1. The minimum atomic E-state index is -1.00. The fraction of sp³-hybridized carbons (Fsp3) is 0.308. The van der Waals surface area contributed by atoms with E-state index < -0.39 is 11.9 Å². The van der Waals surface area contributed by atoms with E-state index in [0.29, 0.717) is 9.76 Å². The Bertz CT molecular complexity index is 443. The third kappa shape index (κ3) is 3.65. The molecular weight excluding hydrogens is 268 g/mol. The fourth-order valence-corrected chi connectivity index (χ4v) is 2.07. The SMILES string of the molecule is CCOC(=O)C(C(=O)c1ccccc1)C(=S)SC. The van der Waals surface area contributed by atoms with Gasteiger partial charge in [0.2, 0.25) is 0 Å². The predicted octanol–water partition coefficient (Wildman–Crippen LogP) is 2.74. The molecule has 0 heterocycles. The number of ether oxygens (including phenoxy) is 1. The largest absolute Gasteiger partial charge is 0.465 e. The first kappa shape index (κ1) is 14.9. The van der Waals surface area contributed by atoms with Gasteiger partial charge >= 0.3 is 5.97 Å². The predicted molar refractivity (Wildman–Crippen MR) is 77.0 cm³/mol. The van der Waals surface area contributed by atoms with Crippen LogP contribution in [0.5, 0.6) is 0 Å². The van der Waals surface area contributed by atoms with Crippen LogP contribution in [0.3, 0.4) is 0 Å². The van der Waals surface area contributed by atoms with E-state index in [0.717, 1.165) is 0 Å². The van der Waals surface area contributed by atoms with Crippen molar-refractivity contribution >= 4 is 39.9 Å². The fourth-order valence-electron chi connectivity index (χ4n) is 1.42. The summed E-state index contributed by atoms with van der Waals surface area (Å²) in [4.78, 5) is 24.1. The summed E-state index contributed by atoms with van der Waals surface area (Å²) in [6, 6.07) is 8.63. The summed E-state index contributed by atoms with van der Waals surface area (Å²) in [7, 11) is 0. The molecule has 0 amide bonds. The Balaban J connectivity index is 3.00. The Kier molecular flexibility index (Phi) is 6.01. The first-order valence-electron chi connectivity index (χ1n) is 5.45. The molecule has 1 aromatic rings. The van der Waals surface area contributed by atoms with Gasteiger partial charge in [0, 0.05) is 5.56 Å². The zero-order valence-electron chi connectivity index (χ0n) is 10.2. The molecular formula is C13H14O3S2. The summed E-state index contributed by atoms with van der Waals surface area (Å²) in [6.45, 7) is 1.93. The Morgan fingerprint density at radius 1 is 1.33 bits per heavy atom. The maximum absolute atomic E-state index is 12.3. The average Bonchev–Trinajstić information content (AvgIpc) is 2.40. The van der Waals surface area contributed by atoms with E-state index in [-0.39, 0.29) is 12.4 Å². The van der Waals surface area contributed by atoms with E-state index in [2.05, 4.69) is 0 Å². The third-order valence-electron chi connectivity index (χ3n) is 2.28. The van der Waals surface area contributed by atoms with Gasteiger partial charge in [-0.2, -0.15) is 0 Å². The van der Waals surface area contributed by atoms with Crippen LogP contribution >= 0.6 is 24.0 Å². The highest BCUT2D eigenvalue weighted by Crippen LogP contribution is 2.18. The quantitative estimate of drug-likeness (QED) is 0.359. The van der Waals surface area contributed by atoms with Crippen LogP contribution in [0.4, 0.5) is 0 Å². The Hall–Kier alpha value is -1.20. The van der Waals surface area contributed by atoms with Gasteiger partial charge in [-0.3, -0.25) is 9.59 Å². The van der Waals surface area contributed by atoms with Crippen molar-refractivity contribution in [3.63, 3.8) is 0 Å². The molecule has 96 valence electrons. The minimum absolute atomic E-state index is 0.231. The lowest BCUT2D eigenvalue weighted by molar-refractivity contribution is -0.143. The number of hydrogen-bond acceptors (Lipinski definition) is 5. The molecule has 5 heteroatoms. The van der Waals surface area contributed by atoms with Crippen molar-refractivity contribution in [2.45, 2.75) is 6.92 Å². The molecule has 0 aliphatic rings. The maximum Gasteiger partial charge on any atom is 0.322 e. The lowest BCUT2D eigenvalue weighted by atomic mass is 9.99. The van der Waals surface area contributed by atoms with Crippen LogP contribution in [0.25, 0.3) is 0 Å². The van der Waals surface area contributed by atoms with Gasteiger partial charge in [-0.05, 0) is 13.2 Å². The molecule has 0 spiro atoms. The number of rotatable bonds is 5. The molecule has 0 saturated carbocycles. The van der Waals surface area contributed by atoms with Crippen LogP contribution in [0.1, 0.15) is 17.3 Å². The van der Waals surface area contributed by atoms with Crippen molar-refractivity contribution in [2.75, 3.05) is 12.9 Å². The highest BCUT2D eigenvalue weighted by molar-refractivity contribution is 8.22. The van der Waals surface area contributed by atoms with Gasteiger partial charge in [-0.15, -0.1) is 11.8 Å². The van der Waals surface area contributed by atoms with Crippen LogP contribution in [-0.2, 0) is 9.53 Å². The summed E-state index contributed by atoms with van der Waals surface area (Å²) in [5.41, 5.74) is 0.465. The van der Waals surface area contributed by atoms with Gasteiger partial charge in [0.25, 0.3) is 0 Å². The smallest absolute Gasteiger partial charge is 0.322 e. The molecule has 1 unspecified atom stereocenters. The number of benzene rings is 1. The van der Waals surface area contributed by atoms with Gasteiger partial charge in [-0.1, -0.05) is 42.5 Å². The number of Topliss-reactive ketones (excluding diaryl/α,β-unsaturated/α-hetero) is 1. The molecule has 0 aromatic heterocycles. The lowest BCUT2D eigenvalue weighted by Crippen LogP contribution is -2.31. The van der Waals surface area contributed by atoms with Gasteiger partial charge in [0.15, 0.2) is 11.7 Å². The molecule has 0 fully saturated rings. The van der Waals surface area contributed by atoms with Crippen molar-refractivity contribution < 1.29 is 14.3 Å². The highest BCUT2D eigenvalue weighted by Gasteiger charge is 2.32. The van der Waals surface area contributed by atoms with E-state index in [1.165, 1.54) is 11.8 Å². The highest BCUT2D eigenvalue weighted by atomic mass is 32.2. The molecule has 0 aliphatic carbocycles. The zero-order chi connectivity index (χ0) is 13.5. The number of ketones is 1. The standard InChI is InChI=1S/C13H14O3S2/c1-3-16-12(15)10(13(17)18-2)11(14)9-7-5-4-6-8-9/h4-8,10H,3H2,1-2H3. The monoisotopic (exact) mass is 282 g/mol.